The van der Waals surface area contributed by atoms with E-state index in [2.05, 4.69) is 29.4 Å². The fourth-order valence-electron chi connectivity index (χ4n) is 1.74. The summed E-state index contributed by atoms with van der Waals surface area (Å²) in [5, 5.41) is 0.444. The van der Waals surface area contributed by atoms with Gasteiger partial charge in [-0.2, -0.15) is 8.73 Å². The van der Waals surface area contributed by atoms with E-state index >= 15 is 0 Å². The lowest BCUT2D eigenvalue weighted by Gasteiger charge is -2.10. The van der Waals surface area contributed by atoms with Crippen molar-refractivity contribution in [3.63, 3.8) is 0 Å². The summed E-state index contributed by atoms with van der Waals surface area (Å²) in [6.07, 6.45) is 0. The summed E-state index contributed by atoms with van der Waals surface area (Å²) < 4.78 is 36.0. The largest absolute Gasteiger partial charge is 0.277 e. The van der Waals surface area contributed by atoms with E-state index in [1.54, 1.807) is 18.2 Å². The first-order valence-corrected chi connectivity index (χ1v) is 9.05. The van der Waals surface area contributed by atoms with Crippen LogP contribution < -0.4 is 4.72 Å². The predicted octanol–water partition coefficient (Wildman–Crippen LogP) is 4.63. The molecule has 1 aliphatic rings. The van der Waals surface area contributed by atoms with Gasteiger partial charge in [0.15, 0.2) is 0 Å². The van der Waals surface area contributed by atoms with Gasteiger partial charge < -0.3 is 0 Å². The predicted molar refractivity (Wildman–Crippen MR) is 87.9 cm³/mol. The molecule has 2 aromatic carbocycles. The summed E-state index contributed by atoms with van der Waals surface area (Å²) in [6, 6.07) is 9.55. The van der Waals surface area contributed by atoms with E-state index in [0.717, 1.165) is 11.4 Å². The van der Waals surface area contributed by atoms with Crippen molar-refractivity contribution in [1.29, 1.82) is 0 Å². The topological polar surface area (TPSA) is 70.9 Å². The summed E-state index contributed by atoms with van der Waals surface area (Å²) in [7, 11) is -3.72. The molecule has 0 bridgehead atoms. The van der Waals surface area contributed by atoms with Crippen LogP contribution in [0.2, 0.25) is 5.02 Å². The molecule has 0 aliphatic carbocycles. The molecule has 1 aliphatic heterocycles. The highest BCUT2D eigenvalue weighted by atomic mass is 79.9. The lowest BCUT2D eigenvalue weighted by atomic mass is 10.2. The number of hydrogen-bond donors (Lipinski definition) is 1. The zero-order chi connectivity index (χ0) is 15.0. The SMILES string of the molecule is O=S(=O)(Nc1cccc2c1N=S=N2)c1ccc(Cl)c(Br)c1. The van der Waals surface area contributed by atoms with E-state index in [1.807, 2.05) is 0 Å². The van der Waals surface area contributed by atoms with Crippen LogP contribution in [0.1, 0.15) is 0 Å². The van der Waals surface area contributed by atoms with Crippen LogP contribution in [-0.2, 0) is 21.4 Å². The molecular weight excluding hydrogens is 398 g/mol. The number of rotatable bonds is 3. The Morgan fingerprint density at radius 3 is 2.76 bits per heavy atom. The molecule has 1 N–H and O–H groups in total. The maximum atomic E-state index is 12.4. The van der Waals surface area contributed by atoms with Crippen LogP contribution in [0.15, 0.2) is 54.5 Å². The molecule has 0 aromatic heterocycles. The zero-order valence-corrected chi connectivity index (χ0v) is 14.2. The Kier molecular flexibility index (Phi) is 3.87. The molecular formula is C12H7BrClN3O2S2. The zero-order valence-electron chi connectivity index (χ0n) is 10.2. The lowest BCUT2D eigenvalue weighted by Crippen LogP contribution is -2.13. The van der Waals surface area contributed by atoms with Crippen LogP contribution in [-0.4, -0.2) is 8.42 Å². The van der Waals surface area contributed by atoms with E-state index in [0.29, 0.717) is 26.6 Å². The van der Waals surface area contributed by atoms with Gasteiger partial charge in [0.25, 0.3) is 10.0 Å². The Labute approximate surface area is 138 Å². The minimum atomic E-state index is -3.72. The molecule has 0 fully saturated rings. The summed E-state index contributed by atoms with van der Waals surface area (Å²) in [4.78, 5) is 0.110. The maximum Gasteiger partial charge on any atom is 0.262 e. The molecule has 21 heavy (non-hydrogen) atoms. The number of nitrogens with zero attached hydrogens (tertiary/aromatic N) is 2. The van der Waals surface area contributed by atoms with E-state index in [1.165, 1.54) is 18.2 Å². The number of benzene rings is 2. The minimum absolute atomic E-state index is 0.110. The second kappa shape index (κ2) is 5.53. The normalized spacial score (nSPS) is 12.9. The molecule has 0 atom stereocenters. The molecule has 0 radical (unpaired) electrons. The monoisotopic (exact) mass is 403 g/mol. The average Bonchev–Trinajstić information content (AvgIpc) is 2.91. The minimum Gasteiger partial charge on any atom is -0.277 e. The van der Waals surface area contributed by atoms with E-state index < -0.39 is 10.0 Å². The molecule has 108 valence electrons. The molecule has 0 amide bonds. The fraction of sp³-hybridized carbons (Fsp3) is 0. The second-order valence-electron chi connectivity index (χ2n) is 4.12. The number of halogens is 2. The van der Waals surface area contributed by atoms with Gasteiger partial charge in [0.05, 0.1) is 27.0 Å². The van der Waals surface area contributed by atoms with Crippen LogP contribution in [0.4, 0.5) is 17.1 Å². The summed E-state index contributed by atoms with van der Waals surface area (Å²) in [6.45, 7) is 0. The van der Waals surface area contributed by atoms with Crippen molar-refractivity contribution >= 4 is 66.0 Å². The highest BCUT2D eigenvalue weighted by molar-refractivity contribution is 9.10. The van der Waals surface area contributed by atoms with Crippen LogP contribution >= 0.6 is 27.5 Å². The number of sulfonamides is 1. The maximum absolute atomic E-state index is 12.4. The van der Waals surface area contributed by atoms with Gasteiger partial charge in [0, 0.05) is 4.47 Å². The van der Waals surface area contributed by atoms with Gasteiger partial charge in [-0.3, -0.25) is 4.72 Å². The molecule has 3 rings (SSSR count). The Bertz CT molecular complexity index is 909. The second-order valence-corrected chi connectivity index (χ2v) is 7.59. The lowest BCUT2D eigenvalue weighted by molar-refractivity contribution is 0.601. The van der Waals surface area contributed by atoms with Crippen molar-refractivity contribution in [3.8, 4) is 0 Å². The van der Waals surface area contributed by atoms with Crippen LogP contribution in [0.5, 0.6) is 0 Å². The number of fused-ring (bicyclic) bond motifs is 1. The first-order chi connectivity index (χ1) is 9.97. The molecule has 0 saturated heterocycles. The summed E-state index contributed by atoms with van der Waals surface area (Å²) in [5.41, 5.74) is 1.57. The van der Waals surface area contributed by atoms with E-state index in [-0.39, 0.29) is 4.90 Å². The fourth-order valence-corrected chi connectivity index (χ4v) is 4.03. The Morgan fingerprint density at radius 2 is 2.00 bits per heavy atom. The van der Waals surface area contributed by atoms with Crippen LogP contribution in [0.25, 0.3) is 0 Å². The summed E-state index contributed by atoms with van der Waals surface area (Å²) in [5.74, 6) is 0. The van der Waals surface area contributed by atoms with Crippen LogP contribution in [0, 0.1) is 0 Å². The number of anilines is 1. The van der Waals surface area contributed by atoms with Crippen molar-refractivity contribution in [2.24, 2.45) is 8.73 Å². The third kappa shape index (κ3) is 2.89. The van der Waals surface area contributed by atoms with Crippen LogP contribution in [0.3, 0.4) is 0 Å². The Balaban J connectivity index is 1.99. The van der Waals surface area contributed by atoms with Gasteiger partial charge in [-0.25, -0.2) is 8.42 Å². The summed E-state index contributed by atoms with van der Waals surface area (Å²) >= 11 is 10.1. The Morgan fingerprint density at radius 1 is 1.19 bits per heavy atom. The van der Waals surface area contributed by atoms with E-state index in [9.17, 15) is 8.42 Å². The van der Waals surface area contributed by atoms with Crippen molar-refractivity contribution in [1.82, 2.24) is 0 Å². The van der Waals surface area contributed by atoms with Gasteiger partial charge in [-0.05, 0) is 46.3 Å². The van der Waals surface area contributed by atoms with Gasteiger partial charge in [0.2, 0.25) is 0 Å². The standard InChI is InChI=1S/C12H7BrClN3O2S2/c13-8-6-7(4-5-9(8)14)21(18,19)17-11-3-1-2-10-12(11)16-20-15-10/h1-6,17H. The van der Waals surface area contributed by atoms with E-state index in [4.69, 9.17) is 11.6 Å². The quantitative estimate of drug-likeness (QED) is 0.691. The average molecular weight is 405 g/mol. The molecule has 5 nitrogen and oxygen atoms in total. The van der Waals surface area contributed by atoms with Crippen molar-refractivity contribution in [2.75, 3.05) is 4.72 Å². The molecule has 9 heteroatoms. The van der Waals surface area contributed by atoms with Crippen molar-refractivity contribution < 1.29 is 8.42 Å². The first-order valence-electron chi connectivity index (χ1n) is 5.66. The third-order valence-electron chi connectivity index (χ3n) is 2.73. The molecule has 0 unspecified atom stereocenters. The third-order valence-corrected chi connectivity index (χ3v) is 5.85. The van der Waals surface area contributed by atoms with Gasteiger partial charge in [-0.15, -0.1) is 0 Å². The molecule has 0 spiro atoms. The van der Waals surface area contributed by atoms with Crippen molar-refractivity contribution in [3.05, 3.63) is 45.9 Å². The number of nitrogens with one attached hydrogen (secondary N) is 1. The molecule has 2 aromatic rings. The van der Waals surface area contributed by atoms with Gasteiger partial charge >= 0.3 is 0 Å². The Hall–Kier alpha value is -1.22. The van der Waals surface area contributed by atoms with Gasteiger partial charge in [0.1, 0.15) is 11.4 Å². The first kappa shape index (κ1) is 14.7. The smallest absolute Gasteiger partial charge is 0.262 e. The highest BCUT2D eigenvalue weighted by Crippen LogP contribution is 2.39. The van der Waals surface area contributed by atoms with Gasteiger partial charge in [-0.1, -0.05) is 17.7 Å². The number of hydrogen-bond acceptors (Lipinski definition) is 4. The molecule has 0 saturated carbocycles. The molecule has 1 heterocycles. The highest BCUT2D eigenvalue weighted by Gasteiger charge is 2.19. The van der Waals surface area contributed by atoms with Crippen molar-refractivity contribution in [2.45, 2.75) is 4.90 Å².